The van der Waals surface area contributed by atoms with E-state index < -0.39 is 0 Å². The largest absolute Gasteiger partial charge is 0.493 e. The van der Waals surface area contributed by atoms with Crippen LogP contribution in [0.25, 0.3) is 5.57 Å². The van der Waals surface area contributed by atoms with Gasteiger partial charge in [0.2, 0.25) is 0 Å². The topological polar surface area (TPSA) is 55.8 Å². The van der Waals surface area contributed by atoms with E-state index in [4.69, 9.17) is 9.47 Å². The van der Waals surface area contributed by atoms with Gasteiger partial charge in [-0.3, -0.25) is 14.5 Å². The van der Waals surface area contributed by atoms with E-state index in [1.807, 2.05) is 36.4 Å². The summed E-state index contributed by atoms with van der Waals surface area (Å²) in [6, 6.07) is 15.0. The molecule has 0 unspecified atom stereocenters. The van der Waals surface area contributed by atoms with Crippen molar-refractivity contribution in [3.8, 4) is 11.5 Å². The molecule has 0 aliphatic carbocycles. The Bertz CT molecular complexity index is 971. The summed E-state index contributed by atoms with van der Waals surface area (Å²) in [5.74, 6) is 0.641. The molecule has 3 rings (SSSR count). The summed E-state index contributed by atoms with van der Waals surface area (Å²) >= 11 is 1.34. The normalized spacial score (nSPS) is 13.8. The van der Waals surface area contributed by atoms with Crippen LogP contribution in [0.15, 0.2) is 58.3 Å². The quantitative estimate of drug-likeness (QED) is 0.294. The Hall–Kier alpha value is -2.73. The molecule has 2 aromatic carbocycles. The fourth-order valence-corrected chi connectivity index (χ4v) is 4.79. The molecule has 1 aliphatic heterocycles. The number of hydrogen-bond acceptors (Lipinski definition) is 5. The van der Waals surface area contributed by atoms with Crippen molar-refractivity contribution >= 4 is 29.1 Å². The average Bonchev–Trinajstić information content (AvgIpc) is 3.05. The minimum absolute atomic E-state index is 0.220. The van der Waals surface area contributed by atoms with Crippen molar-refractivity contribution in [3.05, 3.63) is 59.0 Å². The van der Waals surface area contributed by atoms with Crippen molar-refractivity contribution < 1.29 is 19.1 Å². The van der Waals surface area contributed by atoms with Crippen LogP contribution in [-0.4, -0.2) is 37.5 Å². The van der Waals surface area contributed by atoms with E-state index in [0.29, 0.717) is 34.1 Å². The number of rotatable bonds is 12. The summed E-state index contributed by atoms with van der Waals surface area (Å²) in [4.78, 5) is 29.5. The van der Waals surface area contributed by atoms with Crippen LogP contribution in [0.2, 0.25) is 0 Å². The summed E-state index contributed by atoms with van der Waals surface area (Å²) in [5, 5.41) is 0. The number of amides is 2. The van der Waals surface area contributed by atoms with Gasteiger partial charge in [-0.25, -0.2) is 0 Å². The predicted molar refractivity (Wildman–Crippen MR) is 129 cm³/mol. The molecule has 0 aromatic heterocycles. The van der Waals surface area contributed by atoms with E-state index in [1.165, 1.54) is 35.9 Å². The number of carbonyl (C=O) groups excluding carboxylic acids is 2. The van der Waals surface area contributed by atoms with Crippen LogP contribution in [0.3, 0.4) is 0 Å². The molecule has 2 amide bonds. The number of methoxy groups -OCH3 is 2. The van der Waals surface area contributed by atoms with Gasteiger partial charge in [-0.1, -0.05) is 75.1 Å². The number of hydrogen-bond donors (Lipinski definition) is 0. The number of carbonyl (C=O) groups is 2. The van der Waals surface area contributed by atoms with Gasteiger partial charge in [-0.2, -0.15) is 0 Å². The third-order valence-corrected chi connectivity index (χ3v) is 6.59. The highest BCUT2D eigenvalue weighted by Crippen LogP contribution is 2.41. The lowest BCUT2D eigenvalue weighted by Gasteiger charge is -2.15. The first-order valence-corrected chi connectivity index (χ1v) is 12.0. The summed E-state index contributed by atoms with van der Waals surface area (Å²) in [5.41, 5.74) is 1.08. The number of unbranched alkanes of at least 4 members (excludes halogenated alkanes) is 5. The molecule has 1 aliphatic rings. The second kappa shape index (κ2) is 11.8. The van der Waals surface area contributed by atoms with Crippen LogP contribution < -0.4 is 9.47 Å². The minimum atomic E-state index is -0.241. The fraction of sp³-hybridized carbons (Fsp3) is 0.385. The molecule has 6 heteroatoms. The number of imide groups is 1. The molecule has 0 saturated heterocycles. The van der Waals surface area contributed by atoms with Crippen molar-refractivity contribution in [2.45, 2.75) is 50.3 Å². The number of ether oxygens (including phenoxy) is 2. The van der Waals surface area contributed by atoms with Crippen molar-refractivity contribution in [3.63, 3.8) is 0 Å². The smallest absolute Gasteiger partial charge is 0.268 e. The molecule has 0 bridgehead atoms. The fourth-order valence-electron chi connectivity index (χ4n) is 3.75. The molecule has 5 nitrogen and oxygen atoms in total. The Morgan fingerprint density at radius 1 is 0.812 bits per heavy atom. The lowest BCUT2D eigenvalue weighted by Crippen LogP contribution is -2.32. The van der Waals surface area contributed by atoms with Gasteiger partial charge in [-0.15, -0.1) is 0 Å². The maximum absolute atomic E-state index is 13.4. The van der Waals surface area contributed by atoms with Gasteiger partial charge < -0.3 is 9.47 Å². The Balaban J connectivity index is 1.88. The van der Waals surface area contributed by atoms with E-state index in [2.05, 4.69) is 6.92 Å². The van der Waals surface area contributed by atoms with E-state index >= 15 is 0 Å². The lowest BCUT2D eigenvalue weighted by molar-refractivity contribution is -0.136. The second-order valence-electron chi connectivity index (χ2n) is 7.72. The predicted octanol–water partition coefficient (Wildman–Crippen LogP) is 5.94. The maximum Gasteiger partial charge on any atom is 0.268 e. The lowest BCUT2D eigenvalue weighted by atomic mass is 10.1. The SMILES string of the molecule is CCCCCCCCN1C(=O)C(Sc2ccccc2)=C(c2ccc(OC)c(OC)c2)C1=O. The minimum Gasteiger partial charge on any atom is -0.493 e. The van der Waals surface area contributed by atoms with Gasteiger partial charge in [0.1, 0.15) is 0 Å². The van der Waals surface area contributed by atoms with Crippen molar-refractivity contribution in [1.29, 1.82) is 0 Å². The second-order valence-corrected chi connectivity index (χ2v) is 8.80. The summed E-state index contributed by atoms with van der Waals surface area (Å²) < 4.78 is 10.8. The standard InChI is InChI=1S/C26H31NO4S/c1-4-5-6-7-8-12-17-27-25(28)23(19-15-16-21(30-2)22(18-19)31-3)24(26(27)29)32-20-13-10-9-11-14-20/h9-11,13-16,18H,4-8,12,17H2,1-3H3. The molecule has 0 saturated carbocycles. The van der Waals surface area contributed by atoms with Crippen LogP contribution in [0, 0.1) is 0 Å². The van der Waals surface area contributed by atoms with Crippen LogP contribution in [0.5, 0.6) is 11.5 Å². The first kappa shape index (κ1) is 23.9. The highest BCUT2D eigenvalue weighted by molar-refractivity contribution is 8.04. The van der Waals surface area contributed by atoms with Crippen LogP contribution >= 0.6 is 11.8 Å². The van der Waals surface area contributed by atoms with Crippen LogP contribution in [0.1, 0.15) is 51.0 Å². The molecule has 0 fully saturated rings. The molecular formula is C26H31NO4S. The molecule has 1 heterocycles. The summed E-state index contributed by atoms with van der Waals surface area (Å²) in [7, 11) is 3.13. The third kappa shape index (κ3) is 5.54. The van der Waals surface area contributed by atoms with Gasteiger partial charge in [0, 0.05) is 11.4 Å². The van der Waals surface area contributed by atoms with Gasteiger partial charge >= 0.3 is 0 Å². The third-order valence-electron chi connectivity index (χ3n) is 5.50. The number of thioether (sulfide) groups is 1. The number of benzene rings is 2. The average molecular weight is 454 g/mol. The van der Waals surface area contributed by atoms with Crippen molar-refractivity contribution in [2.75, 3.05) is 20.8 Å². The first-order chi connectivity index (χ1) is 15.6. The van der Waals surface area contributed by atoms with E-state index in [-0.39, 0.29) is 11.8 Å². The van der Waals surface area contributed by atoms with Gasteiger partial charge in [0.15, 0.2) is 11.5 Å². The molecular weight excluding hydrogens is 422 g/mol. The zero-order chi connectivity index (χ0) is 22.9. The zero-order valence-corrected chi connectivity index (χ0v) is 19.9. The van der Waals surface area contributed by atoms with Crippen LogP contribution in [0.4, 0.5) is 0 Å². The summed E-state index contributed by atoms with van der Waals surface area (Å²) in [6.45, 7) is 2.63. The molecule has 170 valence electrons. The van der Waals surface area contributed by atoms with E-state index in [0.717, 1.165) is 24.2 Å². The maximum atomic E-state index is 13.4. The molecule has 0 atom stereocenters. The first-order valence-electron chi connectivity index (χ1n) is 11.2. The monoisotopic (exact) mass is 453 g/mol. The Morgan fingerprint density at radius 2 is 1.50 bits per heavy atom. The van der Waals surface area contributed by atoms with Gasteiger partial charge in [-0.05, 0) is 36.2 Å². The summed E-state index contributed by atoms with van der Waals surface area (Å²) in [6.07, 6.45) is 6.59. The molecule has 2 aromatic rings. The number of nitrogens with zero attached hydrogens (tertiary/aromatic N) is 1. The highest BCUT2D eigenvalue weighted by Gasteiger charge is 2.39. The Kier molecular flexibility index (Phi) is 8.80. The molecule has 0 radical (unpaired) electrons. The molecule has 0 N–H and O–H groups in total. The van der Waals surface area contributed by atoms with E-state index in [1.54, 1.807) is 26.4 Å². The zero-order valence-electron chi connectivity index (χ0n) is 19.1. The molecule has 0 spiro atoms. The highest BCUT2D eigenvalue weighted by atomic mass is 32.2. The van der Waals surface area contributed by atoms with Crippen molar-refractivity contribution in [2.24, 2.45) is 0 Å². The molecule has 32 heavy (non-hydrogen) atoms. The van der Waals surface area contributed by atoms with Crippen LogP contribution in [-0.2, 0) is 9.59 Å². The van der Waals surface area contributed by atoms with Gasteiger partial charge in [0.05, 0.1) is 24.7 Å². The Morgan fingerprint density at radius 3 is 2.19 bits per heavy atom. The Labute approximate surface area is 194 Å². The van der Waals surface area contributed by atoms with Gasteiger partial charge in [0.25, 0.3) is 11.8 Å². The van der Waals surface area contributed by atoms with E-state index in [9.17, 15) is 9.59 Å². The van der Waals surface area contributed by atoms with Crippen molar-refractivity contribution in [1.82, 2.24) is 4.90 Å².